The number of nitrogens with zero attached hydrogens (tertiary/aromatic N) is 1. The quantitative estimate of drug-likeness (QED) is 0.676. The van der Waals surface area contributed by atoms with Gasteiger partial charge in [0.25, 0.3) is 0 Å². The van der Waals surface area contributed by atoms with Crippen LogP contribution in [0.25, 0.3) is 0 Å². The smallest absolute Gasteiger partial charge is 0.296 e. The van der Waals surface area contributed by atoms with E-state index in [1.54, 1.807) is 0 Å². The lowest BCUT2D eigenvalue weighted by Crippen LogP contribution is -2.16. The van der Waals surface area contributed by atoms with Gasteiger partial charge >= 0.3 is 6.18 Å². The Morgan fingerprint density at radius 1 is 1.33 bits per heavy atom. The molecule has 2 nitrogen and oxygen atoms in total. The van der Waals surface area contributed by atoms with Gasteiger partial charge in [-0.05, 0) is 29.4 Å². The molecule has 0 radical (unpaired) electrons. The number of halogens is 3. The van der Waals surface area contributed by atoms with Gasteiger partial charge in [-0.3, -0.25) is 10.1 Å². The van der Waals surface area contributed by atoms with Gasteiger partial charge < -0.3 is 0 Å². The van der Waals surface area contributed by atoms with Crippen LogP contribution in [0.3, 0.4) is 0 Å². The zero-order valence-corrected chi connectivity index (χ0v) is 8.78. The number of rotatable bonds is 0. The lowest BCUT2D eigenvalue weighted by atomic mass is 10.1. The third-order valence-corrected chi connectivity index (χ3v) is 3.96. The van der Waals surface area contributed by atoms with E-state index in [1.807, 2.05) is 0 Å². The van der Waals surface area contributed by atoms with Gasteiger partial charge in [0.15, 0.2) is 0 Å². The molecule has 1 atom stereocenters. The van der Waals surface area contributed by atoms with E-state index in [4.69, 9.17) is 5.14 Å². The number of hydrogen-bond acceptors (Lipinski definition) is 2. The lowest BCUT2D eigenvalue weighted by Gasteiger charge is -2.24. The Kier molecular flexibility index (Phi) is 2.64. The molecule has 1 aromatic rings. The molecule has 0 saturated carbocycles. The number of alkyl halides is 3. The van der Waals surface area contributed by atoms with Gasteiger partial charge in [0, 0.05) is 11.9 Å². The van der Waals surface area contributed by atoms with Crippen molar-refractivity contribution in [3.8, 4) is 0 Å². The highest BCUT2D eigenvalue weighted by Crippen LogP contribution is 2.34. The maximum absolute atomic E-state index is 12.4. The monoisotopic (exact) mass is 236 g/mol. The summed E-state index contributed by atoms with van der Waals surface area (Å²) in [5.41, 5.74) is 0.828. The summed E-state index contributed by atoms with van der Waals surface area (Å²) in [5, 5.41) is 5.79. The molecule has 15 heavy (non-hydrogen) atoms. The Bertz CT molecular complexity index is 378. The minimum atomic E-state index is -4.35. The van der Waals surface area contributed by atoms with Gasteiger partial charge in [-0.1, -0.05) is 0 Å². The van der Waals surface area contributed by atoms with E-state index in [1.165, 1.54) is 6.20 Å². The third-order valence-electron chi connectivity index (χ3n) is 2.42. The average Bonchev–Trinajstić information content (AvgIpc) is 2.15. The molecule has 0 fully saturated rings. The van der Waals surface area contributed by atoms with E-state index in [9.17, 15) is 13.2 Å². The second-order valence-electron chi connectivity index (χ2n) is 3.56. The summed E-state index contributed by atoms with van der Waals surface area (Å²) in [5.74, 6) is 1.50. The van der Waals surface area contributed by atoms with Crippen molar-refractivity contribution in [1.29, 1.82) is 0 Å². The van der Waals surface area contributed by atoms with Crippen molar-refractivity contribution < 1.29 is 13.2 Å². The Morgan fingerprint density at radius 2 is 2.07 bits per heavy atom. The maximum Gasteiger partial charge on any atom is 0.433 e. The number of fused-ring (bicyclic) bond motifs is 1. The molecule has 2 heterocycles. The van der Waals surface area contributed by atoms with E-state index in [0.717, 1.165) is 22.9 Å². The van der Waals surface area contributed by atoms with Crippen LogP contribution in [0, 0.1) is 0 Å². The predicted octanol–water partition coefficient (Wildman–Crippen LogP) is 2.03. The standard InChI is InChI=1S/C9H11F3N2S/c10-9(11,12)8-3-6-1-2-15(13)5-7(6)4-14-8/h3-4,15H,1-2,5,13H2. The molecule has 0 saturated heterocycles. The fourth-order valence-electron chi connectivity index (χ4n) is 1.62. The largest absolute Gasteiger partial charge is 0.433 e. The van der Waals surface area contributed by atoms with E-state index in [-0.39, 0.29) is 0 Å². The summed E-state index contributed by atoms with van der Waals surface area (Å²) < 4.78 is 37.1. The van der Waals surface area contributed by atoms with Gasteiger partial charge in [0.2, 0.25) is 0 Å². The van der Waals surface area contributed by atoms with Gasteiger partial charge in [0.1, 0.15) is 5.69 Å². The molecule has 84 valence electrons. The molecule has 1 aliphatic rings. The first-order chi connectivity index (χ1) is 6.97. The van der Waals surface area contributed by atoms with Crippen molar-refractivity contribution in [3.05, 3.63) is 29.1 Å². The van der Waals surface area contributed by atoms with Crippen molar-refractivity contribution in [2.24, 2.45) is 5.14 Å². The van der Waals surface area contributed by atoms with Crippen LogP contribution in [-0.2, 0) is 18.3 Å². The van der Waals surface area contributed by atoms with Crippen molar-refractivity contribution in [3.63, 3.8) is 0 Å². The molecule has 1 aliphatic heterocycles. The van der Waals surface area contributed by atoms with Crippen LogP contribution in [0.15, 0.2) is 12.3 Å². The second-order valence-corrected chi connectivity index (χ2v) is 5.50. The van der Waals surface area contributed by atoms with Crippen LogP contribution < -0.4 is 5.14 Å². The van der Waals surface area contributed by atoms with Crippen LogP contribution >= 0.6 is 11.1 Å². The fourth-order valence-corrected chi connectivity index (χ4v) is 3.03. The minimum absolute atomic E-state index is 0.537. The molecule has 2 rings (SSSR count). The Hall–Kier alpha value is -0.750. The molecule has 0 amide bonds. The fraction of sp³-hybridized carbons (Fsp3) is 0.444. The Balaban J connectivity index is 2.35. The third kappa shape index (κ3) is 2.26. The van der Waals surface area contributed by atoms with Crippen LogP contribution in [0.4, 0.5) is 13.2 Å². The topological polar surface area (TPSA) is 38.9 Å². The summed E-state index contributed by atoms with van der Waals surface area (Å²) in [6, 6.07) is 1.15. The molecule has 0 aliphatic carbocycles. The molecular weight excluding hydrogens is 225 g/mol. The zero-order chi connectivity index (χ0) is 11.1. The van der Waals surface area contributed by atoms with Gasteiger partial charge in [-0.2, -0.15) is 13.2 Å². The highest BCUT2D eigenvalue weighted by molar-refractivity contribution is 8.14. The van der Waals surface area contributed by atoms with Crippen molar-refractivity contribution in [2.45, 2.75) is 18.3 Å². The maximum atomic E-state index is 12.4. The minimum Gasteiger partial charge on any atom is -0.296 e. The van der Waals surface area contributed by atoms with E-state index < -0.39 is 23.0 Å². The van der Waals surface area contributed by atoms with Gasteiger partial charge in [-0.15, -0.1) is 0 Å². The summed E-state index contributed by atoms with van der Waals surface area (Å²) in [4.78, 5) is 3.43. The highest BCUT2D eigenvalue weighted by Gasteiger charge is 2.33. The molecule has 0 spiro atoms. The molecule has 2 N–H and O–H groups in total. The lowest BCUT2D eigenvalue weighted by molar-refractivity contribution is -0.141. The van der Waals surface area contributed by atoms with E-state index in [0.29, 0.717) is 12.2 Å². The molecule has 0 bridgehead atoms. The molecule has 6 heteroatoms. The SMILES string of the molecule is N[SH]1CCc2cc(C(F)(F)F)ncc2C1. The summed E-state index contributed by atoms with van der Waals surface area (Å²) in [6.07, 6.45) is -2.39. The van der Waals surface area contributed by atoms with E-state index >= 15 is 0 Å². The van der Waals surface area contributed by atoms with Gasteiger partial charge in [-0.25, -0.2) is 11.1 Å². The van der Waals surface area contributed by atoms with Crippen molar-refractivity contribution in [2.75, 3.05) is 5.75 Å². The Labute approximate surface area is 88.2 Å². The first kappa shape index (κ1) is 10.8. The number of nitrogens with two attached hydrogens (primary N) is 1. The van der Waals surface area contributed by atoms with E-state index in [2.05, 4.69) is 4.98 Å². The van der Waals surface area contributed by atoms with Gasteiger partial charge in [0.05, 0.1) is 0 Å². The van der Waals surface area contributed by atoms with Crippen molar-refractivity contribution in [1.82, 2.24) is 4.98 Å². The Morgan fingerprint density at radius 3 is 2.73 bits per heavy atom. The highest BCUT2D eigenvalue weighted by atomic mass is 32.2. The van der Waals surface area contributed by atoms with Crippen LogP contribution in [-0.4, -0.2) is 10.7 Å². The summed E-state index contributed by atoms with van der Waals surface area (Å²) in [7, 11) is 0. The predicted molar refractivity (Wildman–Crippen MR) is 54.7 cm³/mol. The average molecular weight is 236 g/mol. The first-order valence-electron chi connectivity index (χ1n) is 4.51. The first-order valence-corrected chi connectivity index (χ1v) is 6.29. The molecular formula is C9H11F3N2S. The second kappa shape index (κ2) is 3.68. The number of aryl methyl sites for hydroxylation is 1. The van der Waals surface area contributed by atoms with Crippen LogP contribution in [0.2, 0.25) is 0 Å². The normalized spacial score (nSPS) is 23.6. The summed E-state index contributed by atoms with van der Waals surface area (Å²) in [6.45, 7) is 0. The van der Waals surface area contributed by atoms with Crippen LogP contribution in [0.1, 0.15) is 16.8 Å². The van der Waals surface area contributed by atoms with Crippen molar-refractivity contribution >= 4 is 11.1 Å². The number of thiol groups is 1. The zero-order valence-electron chi connectivity index (χ0n) is 7.88. The summed E-state index contributed by atoms with van der Waals surface area (Å²) >= 11 is -0.537. The number of aromatic nitrogens is 1. The molecule has 0 aromatic carbocycles. The number of pyridine rings is 1. The molecule has 1 unspecified atom stereocenters. The molecule has 1 aromatic heterocycles. The van der Waals surface area contributed by atoms with Crippen LogP contribution in [0.5, 0.6) is 0 Å². The number of hydrogen-bond donors (Lipinski definition) is 2.